The molecule has 4 aromatic rings. The van der Waals surface area contributed by atoms with Crippen LogP contribution >= 0.6 is 11.3 Å². The molecule has 168 valence electrons. The van der Waals surface area contributed by atoms with E-state index in [1.807, 2.05) is 66.7 Å². The van der Waals surface area contributed by atoms with Crippen molar-refractivity contribution in [3.63, 3.8) is 0 Å². The van der Waals surface area contributed by atoms with Crippen LogP contribution in [0.2, 0.25) is 0 Å². The van der Waals surface area contributed by atoms with Gasteiger partial charge in [-0.1, -0.05) is 47.7 Å². The zero-order valence-electron chi connectivity index (χ0n) is 18.6. The van der Waals surface area contributed by atoms with Crippen LogP contribution in [0.1, 0.15) is 11.1 Å². The van der Waals surface area contributed by atoms with Crippen molar-refractivity contribution < 1.29 is 19.0 Å². The Morgan fingerprint density at radius 2 is 1.73 bits per heavy atom. The minimum absolute atomic E-state index is 0.167. The molecule has 0 saturated carbocycles. The summed E-state index contributed by atoms with van der Waals surface area (Å²) in [5.74, 6) is 1.83. The van der Waals surface area contributed by atoms with Gasteiger partial charge in [-0.05, 0) is 47.5 Å². The molecule has 0 radical (unpaired) electrons. The summed E-state index contributed by atoms with van der Waals surface area (Å²) in [5, 5.41) is 0.629. The Kier molecular flexibility index (Phi) is 6.90. The standard InChI is InChI=1S/C26H24N2O4S/c1-30-20-11-12-21-24(16-20)33-26(27-21)28(17-19-7-5-4-6-8-19)25(29)14-10-18-9-13-22(31-2)23(15-18)32-3/h4-16H,17H2,1-3H3/b14-10+. The molecule has 0 aliphatic rings. The van der Waals surface area contributed by atoms with Crippen LogP contribution in [0.5, 0.6) is 17.2 Å². The van der Waals surface area contributed by atoms with Crippen molar-refractivity contribution in [3.8, 4) is 17.2 Å². The molecule has 33 heavy (non-hydrogen) atoms. The van der Waals surface area contributed by atoms with Gasteiger partial charge in [-0.25, -0.2) is 4.98 Å². The maximum absolute atomic E-state index is 13.3. The highest BCUT2D eigenvalue weighted by Crippen LogP contribution is 2.33. The number of nitrogens with zero attached hydrogens (tertiary/aromatic N) is 2. The van der Waals surface area contributed by atoms with Gasteiger partial charge in [0.1, 0.15) is 5.75 Å². The van der Waals surface area contributed by atoms with Gasteiger partial charge in [-0.2, -0.15) is 0 Å². The van der Waals surface area contributed by atoms with Crippen LogP contribution in [0.3, 0.4) is 0 Å². The number of ether oxygens (including phenoxy) is 3. The van der Waals surface area contributed by atoms with E-state index >= 15 is 0 Å². The van der Waals surface area contributed by atoms with Crippen LogP contribution in [-0.2, 0) is 11.3 Å². The van der Waals surface area contributed by atoms with E-state index < -0.39 is 0 Å². The summed E-state index contributed by atoms with van der Waals surface area (Å²) in [7, 11) is 4.81. The summed E-state index contributed by atoms with van der Waals surface area (Å²) >= 11 is 1.46. The largest absolute Gasteiger partial charge is 0.497 e. The van der Waals surface area contributed by atoms with Gasteiger partial charge >= 0.3 is 0 Å². The Labute approximate surface area is 196 Å². The molecule has 4 rings (SSSR count). The fourth-order valence-electron chi connectivity index (χ4n) is 3.35. The number of rotatable bonds is 8. The molecule has 7 heteroatoms. The maximum Gasteiger partial charge on any atom is 0.253 e. The molecule has 0 spiro atoms. The highest BCUT2D eigenvalue weighted by molar-refractivity contribution is 7.22. The summed E-state index contributed by atoms with van der Waals surface area (Å²) in [6, 6.07) is 21.1. The Hall–Kier alpha value is -3.84. The van der Waals surface area contributed by atoms with Gasteiger partial charge in [-0.3, -0.25) is 9.69 Å². The lowest BCUT2D eigenvalue weighted by atomic mass is 10.1. The van der Waals surface area contributed by atoms with Crippen molar-refractivity contribution in [3.05, 3.63) is 83.9 Å². The second-order valence-corrected chi connectivity index (χ2v) is 8.20. The van der Waals surface area contributed by atoms with Crippen molar-refractivity contribution in [2.45, 2.75) is 6.54 Å². The van der Waals surface area contributed by atoms with E-state index in [0.717, 1.165) is 27.1 Å². The number of hydrogen-bond donors (Lipinski definition) is 0. The second kappa shape index (κ2) is 10.2. The van der Waals surface area contributed by atoms with Gasteiger partial charge in [0.2, 0.25) is 0 Å². The van der Waals surface area contributed by atoms with E-state index in [4.69, 9.17) is 19.2 Å². The summed E-state index contributed by atoms with van der Waals surface area (Å²) in [6.07, 6.45) is 3.31. The molecule has 0 fully saturated rings. The molecule has 0 bridgehead atoms. The maximum atomic E-state index is 13.3. The molecule has 0 unspecified atom stereocenters. The monoisotopic (exact) mass is 460 g/mol. The van der Waals surface area contributed by atoms with Gasteiger partial charge in [0.15, 0.2) is 16.6 Å². The quantitative estimate of drug-likeness (QED) is 0.322. The minimum Gasteiger partial charge on any atom is -0.497 e. The summed E-state index contributed by atoms with van der Waals surface area (Å²) < 4.78 is 16.9. The molecule has 1 heterocycles. The summed E-state index contributed by atoms with van der Waals surface area (Å²) in [5.41, 5.74) is 2.67. The Morgan fingerprint density at radius 3 is 2.45 bits per heavy atom. The lowest BCUT2D eigenvalue weighted by Crippen LogP contribution is -2.28. The van der Waals surface area contributed by atoms with Gasteiger partial charge in [0.05, 0.1) is 38.1 Å². The number of anilines is 1. The molecule has 1 aromatic heterocycles. The minimum atomic E-state index is -0.167. The van der Waals surface area contributed by atoms with Gasteiger partial charge in [0, 0.05) is 6.08 Å². The van der Waals surface area contributed by atoms with E-state index in [9.17, 15) is 4.79 Å². The van der Waals surface area contributed by atoms with Crippen LogP contribution in [0.4, 0.5) is 5.13 Å². The SMILES string of the molecule is COc1ccc2nc(N(Cc3ccccc3)C(=O)/C=C/c3ccc(OC)c(OC)c3)sc2c1. The Morgan fingerprint density at radius 1 is 0.939 bits per heavy atom. The molecule has 0 saturated heterocycles. The number of amides is 1. The highest BCUT2D eigenvalue weighted by atomic mass is 32.1. The topological polar surface area (TPSA) is 60.9 Å². The zero-order valence-corrected chi connectivity index (χ0v) is 19.5. The first-order valence-electron chi connectivity index (χ1n) is 10.3. The number of aromatic nitrogens is 1. The molecule has 0 atom stereocenters. The molecular formula is C26H24N2O4S. The van der Waals surface area contributed by atoms with E-state index in [1.54, 1.807) is 38.4 Å². The lowest BCUT2D eigenvalue weighted by Gasteiger charge is -2.18. The molecule has 3 aromatic carbocycles. The van der Waals surface area contributed by atoms with E-state index in [2.05, 4.69) is 0 Å². The smallest absolute Gasteiger partial charge is 0.253 e. The van der Waals surface area contributed by atoms with E-state index in [0.29, 0.717) is 23.2 Å². The third-order valence-corrected chi connectivity index (χ3v) is 6.13. The number of fused-ring (bicyclic) bond motifs is 1. The Bertz CT molecular complexity index is 1280. The van der Waals surface area contributed by atoms with Crippen molar-refractivity contribution in [2.75, 3.05) is 26.2 Å². The summed E-state index contributed by atoms with van der Waals surface area (Å²) in [6.45, 7) is 0.410. The van der Waals surface area contributed by atoms with Crippen LogP contribution in [0.25, 0.3) is 16.3 Å². The number of thiazole rings is 1. The average molecular weight is 461 g/mol. The van der Waals surface area contributed by atoms with Crippen LogP contribution in [0.15, 0.2) is 72.8 Å². The Balaban J connectivity index is 1.66. The fourth-order valence-corrected chi connectivity index (χ4v) is 4.35. The van der Waals surface area contributed by atoms with Crippen LogP contribution in [-0.4, -0.2) is 32.2 Å². The molecule has 0 N–H and O–H groups in total. The van der Waals surface area contributed by atoms with Crippen molar-refractivity contribution >= 4 is 38.7 Å². The first-order chi connectivity index (χ1) is 16.1. The average Bonchev–Trinajstić information content (AvgIpc) is 3.29. The van der Waals surface area contributed by atoms with Crippen molar-refractivity contribution in [1.82, 2.24) is 4.98 Å². The number of hydrogen-bond acceptors (Lipinski definition) is 6. The van der Waals surface area contributed by atoms with Gasteiger partial charge in [-0.15, -0.1) is 0 Å². The number of benzene rings is 3. The predicted molar refractivity (Wildman–Crippen MR) is 132 cm³/mol. The van der Waals surface area contributed by atoms with Crippen LogP contribution < -0.4 is 19.1 Å². The number of methoxy groups -OCH3 is 3. The molecule has 0 aliphatic carbocycles. The molecular weight excluding hydrogens is 436 g/mol. The molecule has 6 nitrogen and oxygen atoms in total. The number of carbonyl (C=O) groups excluding carboxylic acids is 1. The van der Waals surface area contributed by atoms with E-state index in [1.165, 1.54) is 11.3 Å². The van der Waals surface area contributed by atoms with Gasteiger partial charge < -0.3 is 14.2 Å². The first kappa shape index (κ1) is 22.4. The van der Waals surface area contributed by atoms with E-state index in [-0.39, 0.29) is 5.91 Å². The zero-order chi connectivity index (χ0) is 23.2. The molecule has 0 aliphatic heterocycles. The van der Waals surface area contributed by atoms with Crippen LogP contribution in [0, 0.1) is 0 Å². The van der Waals surface area contributed by atoms with Crippen molar-refractivity contribution in [1.29, 1.82) is 0 Å². The normalized spacial score (nSPS) is 11.0. The lowest BCUT2D eigenvalue weighted by molar-refractivity contribution is -0.114. The van der Waals surface area contributed by atoms with Gasteiger partial charge in [0.25, 0.3) is 5.91 Å². The third-order valence-electron chi connectivity index (χ3n) is 5.09. The molecule has 1 amide bonds. The predicted octanol–water partition coefficient (Wildman–Crippen LogP) is 5.57. The summed E-state index contributed by atoms with van der Waals surface area (Å²) in [4.78, 5) is 19.7. The fraction of sp³-hybridized carbons (Fsp3) is 0.154. The third kappa shape index (κ3) is 5.15. The second-order valence-electron chi connectivity index (χ2n) is 7.19. The first-order valence-corrected chi connectivity index (χ1v) is 11.1. The van der Waals surface area contributed by atoms with Crippen molar-refractivity contribution in [2.24, 2.45) is 0 Å². The number of carbonyl (C=O) groups is 1. The highest BCUT2D eigenvalue weighted by Gasteiger charge is 2.19.